The summed E-state index contributed by atoms with van der Waals surface area (Å²) in [4.78, 5) is 17.5. The van der Waals surface area contributed by atoms with Crippen LogP contribution in [0, 0.1) is 4.77 Å². The number of hydrogen-bond donors (Lipinski definition) is 2. The largest absolute Gasteiger partial charge is 0.358 e. The number of anilines is 1. The number of nitrogens with one attached hydrogen (secondary N) is 2. The van der Waals surface area contributed by atoms with Gasteiger partial charge in [-0.1, -0.05) is 31.4 Å². The molecular formula is C16H24N4OS. The van der Waals surface area contributed by atoms with E-state index in [0.717, 1.165) is 23.6 Å². The molecule has 0 spiro atoms. The van der Waals surface area contributed by atoms with Gasteiger partial charge in [0.1, 0.15) is 5.82 Å². The van der Waals surface area contributed by atoms with E-state index < -0.39 is 0 Å². The Balaban J connectivity index is 1.92. The zero-order chi connectivity index (χ0) is 15.7. The molecule has 1 aromatic rings. The van der Waals surface area contributed by atoms with Crippen LogP contribution in [-0.4, -0.2) is 27.2 Å². The molecular weight excluding hydrogens is 296 g/mol. The van der Waals surface area contributed by atoms with Crippen molar-refractivity contribution in [1.29, 1.82) is 0 Å². The Morgan fingerprint density at radius 1 is 1.36 bits per heavy atom. The van der Waals surface area contributed by atoms with Crippen LogP contribution in [0.15, 0.2) is 16.9 Å². The molecule has 1 fully saturated rings. The van der Waals surface area contributed by atoms with Gasteiger partial charge < -0.3 is 9.88 Å². The van der Waals surface area contributed by atoms with Gasteiger partial charge >= 0.3 is 0 Å². The molecule has 3 rings (SSSR count). The molecule has 1 saturated carbocycles. The second-order valence-corrected chi connectivity index (χ2v) is 6.89. The van der Waals surface area contributed by atoms with Crippen LogP contribution in [0.1, 0.15) is 44.6 Å². The Bertz CT molecular complexity index is 684. The first-order chi connectivity index (χ1) is 10.6. The summed E-state index contributed by atoms with van der Waals surface area (Å²) in [6.07, 6.45) is 6.41. The van der Waals surface area contributed by atoms with Crippen molar-refractivity contribution >= 4 is 18.0 Å². The molecule has 1 aliphatic heterocycles. The van der Waals surface area contributed by atoms with Crippen molar-refractivity contribution in [3.63, 3.8) is 0 Å². The highest BCUT2D eigenvalue weighted by atomic mass is 32.1. The first-order valence-electron chi connectivity index (χ1n) is 8.04. The summed E-state index contributed by atoms with van der Waals surface area (Å²) in [7, 11) is 0. The van der Waals surface area contributed by atoms with Crippen molar-refractivity contribution in [3.05, 3.63) is 32.8 Å². The zero-order valence-electron chi connectivity index (χ0n) is 13.2. The van der Waals surface area contributed by atoms with E-state index in [1.165, 1.54) is 32.1 Å². The summed E-state index contributed by atoms with van der Waals surface area (Å²) < 4.78 is 2.41. The Labute approximate surface area is 136 Å². The minimum Gasteiger partial charge on any atom is -0.358 e. The lowest BCUT2D eigenvalue weighted by molar-refractivity contribution is 0.152. The van der Waals surface area contributed by atoms with Crippen LogP contribution < -0.4 is 10.9 Å². The van der Waals surface area contributed by atoms with Crippen molar-refractivity contribution < 1.29 is 0 Å². The maximum atomic E-state index is 12.3. The van der Waals surface area contributed by atoms with Gasteiger partial charge in [0.15, 0.2) is 4.77 Å². The van der Waals surface area contributed by atoms with E-state index in [1.54, 1.807) is 0 Å². The molecule has 6 heteroatoms. The monoisotopic (exact) mass is 320 g/mol. The van der Waals surface area contributed by atoms with E-state index in [0.29, 0.717) is 23.9 Å². The Morgan fingerprint density at radius 3 is 2.77 bits per heavy atom. The molecule has 120 valence electrons. The van der Waals surface area contributed by atoms with Gasteiger partial charge in [0, 0.05) is 19.1 Å². The summed E-state index contributed by atoms with van der Waals surface area (Å²) >= 11 is 5.31. The van der Waals surface area contributed by atoms with E-state index in [9.17, 15) is 4.79 Å². The summed E-state index contributed by atoms with van der Waals surface area (Å²) in [5.41, 5.74) is 1.75. The fraction of sp³-hybridized carbons (Fsp3) is 0.625. The van der Waals surface area contributed by atoms with Crippen molar-refractivity contribution in [2.75, 3.05) is 12.0 Å². The molecule has 2 heterocycles. The van der Waals surface area contributed by atoms with E-state index in [-0.39, 0.29) is 5.56 Å². The topological polar surface area (TPSA) is 53.1 Å². The number of H-pyrrole nitrogens is 1. The van der Waals surface area contributed by atoms with Crippen molar-refractivity contribution in [3.8, 4) is 0 Å². The van der Waals surface area contributed by atoms with Crippen molar-refractivity contribution in [2.45, 2.75) is 58.2 Å². The van der Waals surface area contributed by atoms with Crippen LogP contribution in [0.5, 0.6) is 0 Å². The smallest absolute Gasteiger partial charge is 0.258 e. The SMILES string of the molecule is C=C(C)Cn1c2c(c(=O)[nH]c1=S)CN(C1CCCCC1)CN2. The third-order valence-corrected chi connectivity index (χ3v) is 4.95. The first kappa shape index (κ1) is 15.5. The molecule has 2 N–H and O–H groups in total. The van der Waals surface area contributed by atoms with Crippen LogP contribution in [-0.2, 0) is 13.1 Å². The van der Waals surface area contributed by atoms with Crippen LogP contribution in [0.4, 0.5) is 5.82 Å². The average Bonchev–Trinajstić information content (AvgIpc) is 2.51. The second-order valence-electron chi connectivity index (χ2n) is 6.50. The summed E-state index contributed by atoms with van der Waals surface area (Å²) in [6.45, 7) is 8.04. The summed E-state index contributed by atoms with van der Waals surface area (Å²) in [6, 6.07) is 0.589. The minimum absolute atomic E-state index is 0.0639. The minimum atomic E-state index is -0.0639. The van der Waals surface area contributed by atoms with Crippen molar-refractivity contribution in [1.82, 2.24) is 14.5 Å². The fourth-order valence-electron chi connectivity index (χ4n) is 3.52. The predicted octanol–water partition coefficient (Wildman–Crippen LogP) is 3.00. The number of rotatable bonds is 3. The molecule has 0 saturated heterocycles. The number of hydrogen-bond acceptors (Lipinski definition) is 4. The quantitative estimate of drug-likeness (QED) is 0.664. The van der Waals surface area contributed by atoms with E-state index in [4.69, 9.17) is 12.2 Å². The van der Waals surface area contributed by atoms with Gasteiger partial charge in [0.05, 0.1) is 12.2 Å². The molecule has 22 heavy (non-hydrogen) atoms. The molecule has 2 aliphatic rings. The standard InChI is InChI=1S/C16H24N4OS/c1-11(2)8-20-14-13(15(21)18-16(20)22)9-19(10-17-14)12-6-4-3-5-7-12/h12,17H,1,3-10H2,2H3,(H,18,21,22). The first-order valence-corrected chi connectivity index (χ1v) is 8.45. The lowest BCUT2D eigenvalue weighted by Crippen LogP contribution is -2.45. The summed E-state index contributed by atoms with van der Waals surface area (Å²) in [5.74, 6) is 0.865. The van der Waals surface area contributed by atoms with Gasteiger partial charge in [-0.05, 0) is 32.0 Å². The van der Waals surface area contributed by atoms with Gasteiger partial charge in [0.2, 0.25) is 0 Å². The maximum absolute atomic E-state index is 12.3. The predicted molar refractivity (Wildman–Crippen MR) is 91.6 cm³/mol. The lowest BCUT2D eigenvalue weighted by atomic mass is 9.94. The molecule has 0 radical (unpaired) electrons. The van der Waals surface area contributed by atoms with Gasteiger partial charge in [-0.3, -0.25) is 14.7 Å². The van der Waals surface area contributed by atoms with Gasteiger partial charge in [-0.15, -0.1) is 0 Å². The molecule has 0 aromatic carbocycles. The Morgan fingerprint density at radius 2 is 2.09 bits per heavy atom. The lowest BCUT2D eigenvalue weighted by Gasteiger charge is -2.38. The van der Waals surface area contributed by atoms with Crippen LogP contribution >= 0.6 is 12.2 Å². The Kier molecular flexibility index (Phi) is 4.49. The van der Waals surface area contributed by atoms with Gasteiger partial charge in [0.25, 0.3) is 5.56 Å². The molecule has 0 atom stereocenters. The Hall–Kier alpha value is -1.40. The number of fused-ring (bicyclic) bond motifs is 1. The molecule has 0 unspecified atom stereocenters. The number of aromatic amines is 1. The molecule has 5 nitrogen and oxygen atoms in total. The molecule has 1 aromatic heterocycles. The van der Waals surface area contributed by atoms with Gasteiger partial charge in [-0.25, -0.2) is 0 Å². The van der Waals surface area contributed by atoms with Crippen LogP contribution in [0.2, 0.25) is 0 Å². The van der Waals surface area contributed by atoms with Gasteiger partial charge in [-0.2, -0.15) is 0 Å². The number of nitrogens with zero attached hydrogens (tertiary/aromatic N) is 2. The average molecular weight is 320 g/mol. The van der Waals surface area contributed by atoms with Crippen LogP contribution in [0.25, 0.3) is 0 Å². The van der Waals surface area contributed by atoms with Crippen molar-refractivity contribution in [2.24, 2.45) is 0 Å². The fourth-order valence-corrected chi connectivity index (χ4v) is 3.77. The van der Waals surface area contributed by atoms with E-state index in [1.807, 2.05) is 11.5 Å². The number of allylic oxidation sites excluding steroid dienone is 1. The molecule has 1 aliphatic carbocycles. The third kappa shape index (κ3) is 3.03. The second kappa shape index (κ2) is 6.38. The highest BCUT2D eigenvalue weighted by Gasteiger charge is 2.27. The number of aromatic nitrogens is 2. The van der Waals surface area contributed by atoms with Crippen LogP contribution in [0.3, 0.4) is 0 Å². The highest BCUT2D eigenvalue weighted by molar-refractivity contribution is 7.71. The van der Waals surface area contributed by atoms with E-state index >= 15 is 0 Å². The zero-order valence-corrected chi connectivity index (χ0v) is 14.0. The highest BCUT2D eigenvalue weighted by Crippen LogP contribution is 2.27. The molecule has 0 amide bonds. The van der Waals surface area contributed by atoms with E-state index in [2.05, 4.69) is 21.8 Å². The third-order valence-electron chi connectivity index (χ3n) is 4.63. The normalized spacial score (nSPS) is 19.5. The summed E-state index contributed by atoms with van der Waals surface area (Å²) in [5, 5.41) is 3.43. The molecule has 0 bridgehead atoms. The maximum Gasteiger partial charge on any atom is 0.258 e.